The summed E-state index contributed by atoms with van der Waals surface area (Å²) in [6.45, 7) is 0. The van der Waals surface area contributed by atoms with E-state index in [1.165, 1.54) is 6.07 Å². The summed E-state index contributed by atoms with van der Waals surface area (Å²) >= 11 is 0. The molecule has 0 aliphatic heterocycles. The van der Waals surface area contributed by atoms with Crippen LogP contribution in [0.5, 0.6) is 0 Å². The Balaban J connectivity index is 2.37. The van der Waals surface area contributed by atoms with E-state index in [9.17, 15) is 4.39 Å². The SMILES string of the molecule is CN(c1ccccc1)c1ccc(C(=N)N)cc1F. The Morgan fingerprint density at radius 2 is 1.83 bits per heavy atom. The zero-order valence-electron chi connectivity index (χ0n) is 10.0. The van der Waals surface area contributed by atoms with E-state index >= 15 is 0 Å². The zero-order valence-corrected chi connectivity index (χ0v) is 10.0. The topological polar surface area (TPSA) is 53.1 Å². The van der Waals surface area contributed by atoms with Crippen molar-refractivity contribution in [3.8, 4) is 0 Å². The summed E-state index contributed by atoms with van der Waals surface area (Å²) < 4.78 is 14.0. The highest BCUT2D eigenvalue weighted by atomic mass is 19.1. The molecule has 0 atom stereocenters. The smallest absolute Gasteiger partial charge is 0.147 e. The number of nitrogens with zero attached hydrogens (tertiary/aromatic N) is 1. The van der Waals surface area contributed by atoms with Crippen LogP contribution in [-0.2, 0) is 0 Å². The molecule has 0 unspecified atom stereocenters. The molecule has 0 saturated carbocycles. The highest BCUT2D eigenvalue weighted by Crippen LogP contribution is 2.26. The van der Waals surface area contributed by atoms with Gasteiger partial charge in [-0.05, 0) is 30.3 Å². The van der Waals surface area contributed by atoms with Crippen molar-refractivity contribution in [1.82, 2.24) is 0 Å². The van der Waals surface area contributed by atoms with Gasteiger partial charge in [0, 0.05) is 18.3 Å². The summed E-state index contributed by atoms with van der Waals surface area (Å²) in [6.07, 6.45) is 0. The fourth-order valence-corrected chi connectivity index (χ4v) is 1.74. The number of nitrogens with two attached hydrogens (primary N) is 1. The van der Waals surface area contributed by atoms with E-state index in [4.69, 9.17) is 11.1 Å². The number of para-hydroxylation sites is 1. The monoisotopic (exact) mass is 243 g/mol. The third-order valence-corrected chi connectivity index (χ3v) is 2.76. The van der Waals surface area contributed by atoms with Crippen LogP contribution in [0.1, 0.15) is 5.56 Å². The van der Waals surface area contributed by atoms with Crippen molar-refractivity contribution in [3.05, 3.63) is 59.9 Å². The lowest BCUT2D eigenvalue weighted by molar-refractivity contribution is 0.627. The molecule has 4 heteroatoms. The molecule has 0 radical (unpaired) electrons. The summed E-state index contributed by atoms with van der Waals surface area (Å²) in [7, 11) is 1.79. The Morgan fingerprint density at radius 1 is 1.17 bits per heavy atom. The van der Waals surface area contributed by atoms with Gasteiger partial charge in [0.1, 0.15) is 11.7 Å². The molecule has 0 spiro atoms. The van der Waals surface area contributed by atoms with Crippen LogP contribution in [0.3, 0.4) is 0 Å². The van der Waals surface area contributed by atoms with Gasteiger partial charge in [0.05, 0.1) is 5.69 Å². The van der Waals surface area contributed by atoms with Gasteiger partial charge in [-0.25, -0.2) is 4.39 Å². The molecule has 18 heavy (non-hydrogen) atoms. The second-order valence-electron chi connectivity index (χ2n) is 3.97. The van der Waals surface area contributed by atoms with Crippen LogP contribution in [0.2, 0.25) is 0 Å². The van der Waals surface area contributed by atoms with E-state index < -0.39 is 5.82 Å². The molecule has 0 aliphatic rings. The van der Waals surface area contributed by atoms with Gasteiger partial charge < -0.3 is 10.6 Å². The number of rotatable bonds is 3. The lowest BCUT2D eigenvalue weighted by Gasteiger charge is -2.20. The molecule has 3 N–H and O–H groups in total. The van der Waals surface area contributed by atoms with Crippen molar-refractivity contribution in [2.45, 2.75) is 0 Å². The lowest BCUT2D eigenvalue weighted by atomic mass is 10.1. The van der Waals surface area contributed by atoms with Crippen LogP contribution in [0.4, 0.5) is 15.8 Å². The molecule has 92 valence electrons. The average Bonchev–Trinajstić information content (AvgIpc) is 2.38. The minimum Gasteiger partial charge on any atom is -0.384 e. The number of halogens is 1. The molecule has 2 aromatic carbocycles. The molecule has 0 saturated heterocycles. The number of benzene rings is 2. The van der Waals surface area contributed by atoms with E-state index in [-0.39, 0.29) is 5.84 Å². The fourth-order valence-electron chi connectivity index (χ4n) is 1.74. The predicted molar refractivity (Wildman–Crippen MR) is 71.9 cm³/mol. The van der Waals surface area contributed by atoms with Crippen LogP contribution in [0.25, 0.3) is 0 Å². The molecule has 0 fully saturated rings. The number of anilines is 2. The van der Waals surface area contributed by atoms with Gasteiger partial charge in [-0.15, -0.1) is 0 Å². The molecule has 0 amide bonds. The standard InChI is InChI=1S/C14H14FN3/c1-18(11-5-3-2-4-6-11)13-8-7-10(14(16)17)9-12(13)15/h2-9H,1H3,(H3,16,17). The van der Waals surface area contributed by atoms with Gasteiger partial charge in [0.25, 0.3) is 0 Å². The van der Waals surface area contributed by atoms with Gasteiger partial charge in [-0.2, -0.15) is 0 Å². The summed E-state index contributed by atoms with van der Waals surface area (Å²) in [5.41, 5.74) is 7.06. The number of nitrogens with one attached hydrogen (secondary N) is 1. The third kappa shape index (κ3) is 2.32. The van der Waals surface area contributed by atoms with Gasteiger partial charge in [-0.1, -0.05) is 18.2 Å². The molecular formula is C14H14FN3. The number of hydrogen-bond donors (Lipinski definition) is 2. The third-order valence-electron chi connectivity index (χ3n) is 2.76. The minimum atomic E-state index is -0.394. The van der Waals surface area contributed by atoms with Crippen molar-refractivity contribution < 1.29 is 4.39 Å². The zero-order chi connectivity index (χ0) is 13.1. The first kappa shape index (κ1) is 12.1. The largest absolute Gasteiger partial charge is 0.384 e. The van der Waals surface area contributed by atoms with E-state index in [1.54, 1.807) is 24.1 Å². The lowest BCUT2D eigenvalue weighted by Crippen LogP contribution is -2.14. The molecule has 2 aromatic rings. The van der Waals surface area contributed by atoms with Crippen molar-refractivity contribution >= 4 is 17.2 Å². The second kappa shape index (κ2) is 4.87. The minimum absolute atomic E-state index is 0.136. The maximum Gasteiger partial charge on any atom is 0.147 e. The van der Waals surface area contributed by atoms with Gasteiger partial charge in [0.2, 0.25) is 0 Å². The predicted octanol–water partition coefficient (Wildman–Crippen LogP) is 2.88. The van der Waals surface area contributed by atoms with Crippen LogP contribution in [-0.4, -0.2) is 12.9 Å². The van der Waals surface area contributed by atoms with Gasteiger partial charge in [0.15, 0.2) is 0 Å². The quantitative estimate of drug-likeness (QED) is 0.643. The van der Waals surface area contributed by atoms with Crippen LogP contribution in [0.15, 0.2) is 48.5 Å². The van der Waals surface area contributed by atoms with E-state index in [2.05, 4.69) is 0 Å². The summed E-state index contributed by atoms with van der Waals surface area (Å²) in [5, 5.41) is 7.27. The summed E-state index contributed by atoms with van der Waals surface area (Å²) in [6, 6.07) is 14.0. The first-order chi connectivity index (χ1) is 8.59. The highest BCUT2D eigenvalue weighted by molar-refractivity contribution is 5.95. The Morgan fingerprint density at radius 3 is 2.39 bits per heavy atom. The first-order valence-corrected chi connectivity index (χ1v) is 5.52. The number of hydrogen-bond acceptors (Lipinski definition) is 2. The molecule has 0 aliphatic carbocycles. The van der Waals surface area contributed by atoms with Crippen molar-refractivity contribution in [1.29, 1.82) is 5.41 Å². The Kier molecular flexibility index (Phi) is 3.28. The van der Waals surface area contributed by atoms with Gasteiger partial charge in [-0.3, -0.25) is 5.41 Å². The fraction of sp³-hybridized carbons (Fsp3) is 0.0714. The number of nitrogen functional groups attached to an aromatic ring is 1. The second-order valence-corrected chi connectivity index (χ2v) is 3.97. The Hall–Kier alpha value is -2.36. The molecule has 0 heterocycles. The van der Waals surface area contributed by atoms with Crippen LogP contribution in [0, 0.1) is 11.2 Å². The van der Waals surface area contributed by atoms with E-state index in [1.807, 2.05) is 30.3 Å². The van der Waals surface area contributed by atoms with Crippen LogP contribution >= 0.6 is 0 Å². The van der Waals surface area contributed by atoms with Crippen LogP contribution < -0.4 is 10.6 Å². The Labute approximate surface area is 105 Å². The molecular weight excluding hydrogens is 229 g/mol. The molecule has 2 rings (SSSR count). The Bertz CT molecular complexity index is 567. The van der Waals surface area contributed by atoms with E-state index in [0.29, 0.717) is 11.3 Å². The van der Waals surface area contributed by atoms with Gasteiger partial charge >= 0.3 is 0 Å². The van der Waals surface area contributed by atoms with Crippen molar-refractivity contribution in [2.24, 2.45) is 5.73 Å². The average molecular weight is 243 g/mol. The number of amidine groups is 1. The maximum atomic E-state index is 14.0. The van der Waals surface area contributed by atoms with Crippen molar-refractivity contribution in [3.63, 3.8) is 0 Å². The summed E-state index contributed by atoms with van der Waals surface area (Å²) in [5.74, 6) is -0.531. The molecule has 3 nitrogen and oxygen atoms in total. The maximum absolute atomic E-state index is 14.0. The summed E-state index contributed by atoms with van der Waals surface area (Å²) in [4.78, 5) is 1.75. The van der Waals surface area contributed by atoms with Crippen molar-refractivity contribution in [2.75, 3.05) is 11.9 Å². The highest BCUT2D eigenvalue weighted by Gasteiger charge is 2.10. The molecule has 0 bridgehead atoms. The normalized spacial score (nSPS) is 10.1. The first-order valence-electron chi connectivity index (χ1n) is 5.52. The van der Waals surface area contributed by atoms with E-state index in [0.717, 1.165) is 5.69 Å². The molecule has 0 aromatic heterocycles.